The monoisotopic (exact) mass is 384 g/mol. The van der Waals surface area contributed by atoms with Crippen molar-refractivity contribution in [3.63, 3.8) is 0 Å². The van der Waals surface area contributed by atoms with Gasteiger partial charge in [-0.1, -0.05) is 16.8 Å². The SMILES string of the molecule is CCOC(=O)C(=N\O)/C(C)=N/NC(=O)C(=O)Nc1cc(Cl)ccc1OC. The molecule has 1 aromatic rings. The third-order valence-electron chi connectivity index (χ3n) is 2.85. The van der Waals surface area contributed by atoms with Crippen molar-refractivity contribution < 1.29 is 29.1 Å². The van der Waals surface area contributed by atoms with Crippen molar-refractivity contribution in [1.29, 1.82) is 0 Å². The predicted molar refractivity (Wildman–Crippen MR) is 93.7 cm³/mol. The normalized spacial score (nSPS) is 11.5. The molecule has 0 aliphatic rings. The summed E-state index contributed by atoms with van der Waals surface area (Å²) in [7, 11) is 1.39. The molecule has 10 nitrogen and oxygen atoms in total. The number of hydrogen-bond donors (Lipinski definition) is 3. The molecule has 0 heterocycles. The number of nitrogens with zero attached hydrogens (tertiary/aromatic N) is 2. The molecule has 0 fully saturated rings. The van der Waals surface area contributed by atoms with Crippen molar-refractivity contribution in [2.45, 2.75) is 13.8 Å². The second-order valence-electron chi connectivity index (χ2n) is 4.61. The molecular formula is C15H17ClN4O6. The molecule has 11 heteroatoms. The molecule has 2 amide bonds. The largest absolute Gasteiger partial charge is 0.495 e. The third-order valence-corrected chi connectivity index (χ3v) is 3.09. The van der Waals surface area contributed by atoms with E-state index in [2.05, 4.69) is 20.3 Å². The molecule has 0 unspecified atom stereocenters. The number of hydrogen-bond acceptors (Lipinski definition) is 8. The van der Waals surface area contributed by atoms with Gasteiger partial charge in [-0.2, -0.15) is 5.10 Å². The standard InChI is InChI=1S/C15H17ClN4O6/c1-4-26-15(23)12(20-24)8(2)18-19-14(22)13(21)17-10-7-9(16)5-6-11(10)25-3/h5-7,24H,4H2,1-3H3,(H,17,21)(H,19,22)/b18-8+,20-12-. The number of amides is 2. The molecule has 0 radical (unpaired) electrons. The summed E-state index contributed by atoms with van der Waals surface area (Å²) >= 11 is 5.84. The summed E-state index contributed by atoms with van der Waals surface area (Å²) in [4.78, 5) is 35.3. The second kappa shape index (κ2) is 9.99. The molecule has 0 spiro atoms. The summed E-state index contributed by atoms with van der Waals surface area (Å²) in [5.41, 5.74) is 1.45. The Hall–Kier alpha value is -3.14. The molecule has 0 atom stereocenters. The van der Waals surface area contributed by atoms with Gasteiger partial charge in [-0.3, -0.25) is 9.59 Å². The van der Waals surface area contributed by atoms with Gasteiger partial charge in [0.1, 0.15) is 5.75 Å². The molecule has 1 aromatic carbocycles. The maximum absolute atomic E-state index is 11.9. The smallest absolute Gasteiger partial charge is 0.362 e. The molecule has 0 saturated heterocycles. The number of nitrogens with one attached hydrogen (secondary N) is 2. The van der Waals surface area contributed by atoms with Crippen LogP contribution in [0.2, 0.25) is 5.02 Å². The Morgan fingerprint density at radius 3 is 2.54 bits per heavy atom. The van der Waals surface area contributed by atoms with Crippen LogP contribution in [0.25, 0.3) is 0 Å². The van der Waals surface area contributed by atoms with E-state index in [4.69, 9.17) is 21.5 Å². The minimum Gasteiger partial charge on any atom is -0.495 e. The fourth-order valence-electron chi connectivity index (χ4n) is 1.66. The highest BCUT2D eigenvalue weighted by Gasteiger charge is 2.19. The Bertz CT molecular complexity index is 763. The number of oxime groups is 1. The van der Waals surface area contributed by atoms with Gasteiger partial charge in [0.2, 0.25) is 5.71 Å². The summed E-state index contributed by atoms with van der Waals surface area (Å²) in [5, 5.41) is 17.8. The third kappa shape index (κ3) is 5.74. The lowest BCUT2D eigenvalue weighted by molar-refractivity contribution is -0.136. The van der Waals surface area contributed by atoms with E-state index < -0.39 is 23.5 Å². The van der Waals surface area contributed by atoms with Crippen molar-refractivity contribution in [3.8, 4) is 5.75 Å². The first-order valence-corrected chi connectivity index (χ1v) is 7.60. The van der Waals surface area contributed by atoms with Gasteiger partial charge in [-0.15, -0.1) is 0 Å². The molecule has 0 aliphatic heterocycles. The zero-order valence-corrected chi connectivity index (χ0v) is 15.0. The zero-order chi connectivity index (χ0) is 19.7. The summed E-state index contributed by atoms with van der Waals surface area (Å²) in [6.07, 6.45) is 0. The number of carbonyl (C=O) groups excluding carboxylic acids is 3. The Morgan fingerprint density at radius 1 is 1.27 bits per heavy atom. The maximum Gasteiger partial charge on any atom is 0.362 e. The molecule has 0 aromatic heterocycles. The highest BCUT2D eigenvalue weighted by atomic mass is 35.5. The van der Waals surface area contributed by atoms with E-state index in [1.165, 1.54) is 26.2 Å². The quantitative estimate of drug-likeness (QED) is 0.221. The van der Waals surface area contributed by atoms with E-state index in [9.17, 15) is 14.4 Å². The van der Waals surface area contributed by atoms with Crippen LogP contribution in [0.1, 0.15) is 13.8 Å². The molecule has 0 bridgehead atoms. The van der Waals surface area contributed by atoms with Crippen molar-refractivity contribution in [1.82, 2.24) is 5.43 Å². The number of anilines is 1. The van der Waals surface area contributed by atoms with Crippen LogP contribution in [0, 0.1) is 0 Å². The number of rotatable bonds is 6. The number of hydrazone groups is 1. The average Bonchev–Trinajstić information content (AvgIpc) is 2.60. The first-order valence-electron chi connectivity index (χ1n) is 7.22. The summed E-state index contributed by atoms with van der Waals surface area (Å²) in [6, 6.07) is 4.47. The highest BCUT2D eigenvalue weighted by molar-refractivity contribution is 6.65. The van der Waals surface area contributed by atoms with Gasteiger partial charge in [0.25, 0.3) is 0 Å². The van der Waals surface area contributed by atoms with Gasteiger partial charge in [0.15, 0.2) is 0 Å². The van der Waals surface area contributed by atoms with Gasteiger partial charge in [-0.25, -0.2) is 10.2 Å². The highest BCUT2D eigenvalue weighted by Crippen LogP contribution is 2.27. The fourth-order valence-corrected chi connectivity index (χ4v) is 1.83. The Balaban J connectivity index is 2.80. The lowest BCUT2D eigenvalue weighted by Crippen LogP contribution is -2.34. The van der Waals surface area contributed by atoms with E-state index in [0.29, 0.717) is 10.8 Å². The molecular weight excluding hydrogens is 368 g/mol. The van der Waals surface area contributed by atoms with E-state index in [-0.39, 0.29) is 18.0 Å². The van der Waals surface area contributed by atoms with Crippen LogP contribution in [-0.4, -0.2) is 48.1 Å². The van der Waals surface area contributed by atoms with Gasteiger partial charge in [0, 0.05) is 5.02 Å². The number of esters is 1. The van der Waals surface area contributed by atoms with E-state index in [1.54, 1.807) is 13.0 Å². The van der Waals surface area contributed by atoms with Crippen LogP contribution >= 0.6 is 11.6 Å². The Kier molecular flexibility index (Phi) is 8.03. The minimum absolute atomic E-state index is 0.0569. The van der Waals surface area contributed by atoms with E-state index >= 15 is 0 Å². The first kappa shape index (κ1) is 20.9. The van der Waals surface area contributed by atoms with Crippen LogP contribution in [0.5, 0.6) is 5.75 Å². The molecule has 0 aliphatic carbocycles. The number of ether oxygens (including phenoxy) is 2. The van der Waals surface area contributed by atoms with E-state index in [0.717, 1.165) is 0 Å². The van der Waals surface area contributed by atoms with Gasteiger partial charge < -0.3 is 20.0 Å². The maximum atomic E-state index is 11.9. The fraction of sp³-hybridized carbons (Fsp3) is 0.267. The van der Waals surface area contributed by atoms with Crippen LogP contribution in [0.3, 0.4) is 0 Å². The lowest BCUT2D eigenvalue weighted by atomic mass is 10.2. The number of carbonyl (C=O) groups is 3. The summed E-state index contributed by atoms with van der Waals surface area (Å²) in [5.74, 6) is -2.82. The van der Waals surface area contributed by atoms with E-state index in [1.807, 2.05) is 5.43 Å². The van der Waals surface area contributed by atoms with Crippen molar-refractivity contribution in [3.05, 3.63) is 23.2 Å². The zero-order valence-electron chi connectivity index (χ0n) is 14.2. The van der Waals surface area contributed by atoms with Crippen LogP contribution in [0.15, 0.2) is 28.5 Å². The average molecular weight is 385 g/mol. The molecule has 3 N–H and O–H groups in total. The molecule has 26 heavy (non-hydrogen) atoms. The minimum atomic E-state index is -1.13. The first-order chi connectivity index (χ1) is 12.3. The second-order valence-corrected chi connectivity index (χ2v) is 5.04. The summed E-state index contributed by atoms with van der Waals surface area (Å²) < 4.78 is 9.70. The number of benzene rings is 1. The van der Waals surface area contributed by atoms with Crippen molar-refractivity contribution in [2.24, 2.45) is 10.3 Å². The molecule has 1 rings (SSSR count). The van der Waals surface area contributed by atoms with Crippen LogP contribution in [-0.2, 0) is 19.1 Å². The number of methoxy groups -OCH3 is 1. The molecule has 0 saturated carbocycles. The predicted octanol–water partition coefficient (Wildman–Crippen LogP) is 1.17. The van der Waals surface area contributed by atoms with Crippen molar-refractivity contribution in [2.75, 3.05) is 19.0 Å². The number of halogens is 1. The Morgan fingerprint density at radius 2 is 1.96 bits per heavy atom. The van der Waals surface area contributed by atoms with Gasteiger partial charge in [0.05, 0.1) is 25.1 Å². The van der Waals surface area contributed by atoms with Crippen LogP contribution in [0.4, 0.5) is 5.69 Å². The van der Waals surface area contributed by atoms with Gasteiger partial charge in [-0.05, 0) is 32.0 Å². The lowest BCUT2D eigenvalue weighted by Gasteiger charge is -2.10. The summed E-state index contributed by atoms with van der Waals surface area (Å²) in [6.45, 7) is 2.90. The molecule has 140 valence electrons. The Labute approximate surface area is 153 Å². The van der Waals surface area contributed by atoms with Crippen LogP contribution < -0.4 is 15.5 Å². The van der Waals surface area contributed by atoms with Gasteiger partial charge >= 0.3 is 17.8 Å². The van der Waals surface area contributed by atoms with Crippen molar-refractivity contribution >= 4 is 46.5 Å². The topological polar surface area (TPSA) is 139 Å².